The molecular weight excluding hydrogens is 372 g/mol. The first-order valence-electron chi connectivity index (χ1n) is 9.43. The first-order valence-corrected chi connectivity index (χ1v) is 9.43. The van der Waals surface area contributed by atoms with Gasteiger partial charge in [0.25, 0.3) is 0 Å². The molecule has 4 heterocycles. The van der Waals surface area contributed by atoms with E-state index in [1.165, 1.54) is 0 Å². The summed E-state index contributed by atoms with van der Waals surface area (Å²) in [5.74, 6) is 0. The van der Waals surface area contributed by atoms with Crippen molar-refractivity contribution in [1.82, 2.24) is 29.9 Å². The summed E-state index contributed by atoms with van der Waals surface area (Å²) in [6.07, 6.45) is 12.1. The fraction of sp³-hybridized carbons (Fsp3) is 0. The van der Waals surface area contributed by atoms with E-state index in [1.807, 2.05) is 42.6 Å². The number of pyridine rings is 2. The summed E-state index contributed by atoms with van der Waals surface area (Å²) in [4.78, 5) is 26.2. The standard InChI is InChI=1S/C24H16N6/c1-2-10-26-20(3-1)21-9-8-19(13-28-21)17-4-6-18(7-5-17)22-15-30-24(16-29-22)23-14-25-11-12-27-23/h1-16H. The molecular formula is C24H16N6. The van der Waals surface area contributed by atoms with Crippen LogP contribution in [0.5, 0.6) is 0 Å². The largest absolute Gasteiger partial charge is 0.261 e. The van der Waals surface area contributed by atoms with Gasteiger partial charge in [-0.3, -0.25) is 29.9 Å². The third-order valence-electron chi connectivity index (χ3n) is 4.68. The molecule has 0 aliphatic rings. The van der Waals surface area contributed by atoms with Crippen LogP contribution in [0.25, 0.3) is 45.2 Å². The minimum absolute atomic E-state index is 0.697. The Hall–Kier alpha value is -4.32. The zero-order valence-corrected chi connectivity index (χ0v) is 15.9. The van der Waals surface area contributed by atoms with Crippen LogP contribution in [-0.4, -0.2) is 29.9 Å². The highest BCUT2D eigenvalue weighted by molar-refractivity contribution is 5.69. The number of rotatable bonds is 4. The molecule has 0 radical (unpaired) electrons. The van der Waals surface area contributed by atoms with Crippen molar-refractivity contribution in [3.05, 3.63) is 98.0 Å². The van der Waals surface area contributed by atoms with E-state index in [0.29, 0.717) is 11.4 Å². The van der Waals surface area contributed by atoms with Crippen molar-refractivity contribution in [2.24, 2.45) is 0 Å². The maximum Gasteiger partial charge on any atom is 0.109 e. The Balaban J connectivity index is 1.35. The fourth-order valence-corrected chi connectivity index (χ4v) is 3.10. The van der Waals surface area contributed by atoms with Crippen LogP contribution in [0.15, 0.2) is 98.0 Å². The molecule has 6 heteroatoms. The van der Waals surface area contributed by atoms with E-state index in [2.05, 4.69) is 48.1 Å². The summed E-state index contributed by atoms with van der Waals surface area (Å²) in [6, 6.07) is 18.0. The Morgan fingerprint density at radius 2 is 1.03 bits per heavy atom. The van der Waals surface area contributed by atoms with Crippen LogP contribution in [0.3, 0.4) is 0 Å². The first-order chi connectivity index (χ1) is 14.9. The van der Waals surface area contributed by atoms with E-state index in [4.69, 9.17) is 0 Å². The zero-order valence-electron chi connectivity index (χ0n) is 15.9. The van der Waals surface area contributed by atoms with Crippen molar-refractivity contribution < 1.29 is 0 Å². The summed E-state index contributed by atoms with van der Waals surface area (Å²) < 4.78 is 0. The molecule has 6 nitrogen and oxygen atoms in total. The Morgan fingerprint density at radius 3 is 1.70 bits per heavy atom. The molecule has 0 fully saturated rings. The van der Waals surface area contributed by atoms with E-state index in [0.717, 1.165) is 33.8 Å². The third kappa shape index (κ3) is 3.66. The second kappa shape index (κ2) is 7.97. The van der Waals surface area contributed by atoms with E-state index in [9.17, 15) is 0 Å². The molecule has 0 aliphatic carbocycles. The van der Waals surface area contributed by atoms with Crippen LogP contribution in [0.4, 0.5) is 0 Å². The minimum atomic E-state index is 0.697. The second-order valence-electron chi connectivity index (χ2n) is 6.60. The van der Waals surface area contributed by atoms with E-state index in [-0.39, 0.29) is 0 Å². The molecule has 0 bridgehead atoms. The Labute approximate surface area is 173 Å². The smallest absolute Gasteiger partial charge is 0.109 e. The molecule has 0 spiro atoms. The number of hydrogen-bond donors (Lipinski definition) is 0. The van der Waals surface area contributed by atoms with Crippen LogP contribution >= 0.6 is 0 Å². The lowest BCUT2D eigenvalue weighted by Gasteiger charge is -2.06. The molecule has 30 heavy (non-hydrogen) atoms. The van der Waals surface area contributed by atoms with Gasteiger partial charge in [-0.25, -0.2) is 0 Å². The zero-order chi connectivity index (χ0) is 20.2. The molecule has 0 saturated heterocycles. The lowest BCUT2D eigenvalue weighted by atomic mass is 10.0. The summed E-state index contributed by atoms with van der Waals surface area (Å²) >= 11 is 0. The average Bonchev–Trinajstić information content (AvgIpc) is 2.85. The molecule has 0 N–H and O–H groups in total. The molecule has 0 amide bonds. The maximum absolute atomic E-state index is 4.55. The van der Waals surface area contributed by atoms with Gasteiger partial charge in [0.2, 0.25) is 0 Å². The molecule has 5 aromatic rings. The maximum atomic E-state index is 4.55. The van der Waals surface area contributed by atoms with E-state index < -0.39 is 0 Å². The third-order valence-corrected chi connectivity index (χ3v) is 4.68. The Morgan fingerprint density at radius 1 is 0.367 bits per heavy atom. The molecule has 0 unspecified atom stereocenters. The number of nitrogens with zero attached hydrogens (tertiary/aromatic N) is 6. The van der Waals surface area contributed by atoms with Crippen LogP contribution in [0.1, 0.15) is 0 Å². The van der Waals surface area contributed by atoms with E-state index in [1.54, 1.807) is 37.2 Å². The van der Waals surface area contributed by atoms with Gasteiger partial charge in [-0.05, 0) is 23.8 Å². The molecule has 0 saturated carbocycles. The van der Waals surface area contributed by atoms with Crippen LogP contribution in [0.2, 0.25) is 0 Å². The number of aromatic nitrogens is 6. The fourth-order valence-electron chi connectivity index (χ4n) is 3.10. The van der Waals surface area contributed by atoms with Crippen molar-refractivity contribution in [2.75, 3.05) is 0 Å². The van der Waals surface area contributed by atoms with Crippen LogP contribution in [-0.2, 0) is 0 Å². The van der Waals surface area contributed by atoms with E-state index >= 15 is 0 Å². The van der Waals surface area contributed by atoms with Gasteiger partial charge in [0.1, 0.15) is 11.4 Å². The predicted octanol–water partition coefficient (Wildman–Crippen LogP) is 4.72. The van der Waals surface area contributed by atoms with Crippen LogP contribution in [0, 0.1) is 0 Å². The second-order valence-corrected chi connectivity index (χ2v) is 6.60. The van der Waals surface area contributed by atoms with Crippen molar-refractivity contribution >= 4 is 0 Å². The Bertz CT molecular complexity index is 1140. The van der Waals surface area contributed by atoms with Gasteiger partial charge in [0.05, 0.1) is 35.7 Å². The van der Waals surface area contributed by atoms with Gasteiger partial charge in [0.15, 0.2) is 0 Å². The molecule has 142 valence electrons. The number of hydrogen-bond acceptors (Lipinski definition) is 6. The topological polar surface area (TPSA) is 77.3 Å². The van der Waals surface area contributed by atoms with Gasteiger partial charge in [-0.1, -0.05) is 36.4 Å². The number of benzene rings is 1. The average molecular weight is 388 g/mol. The molecule has 1 aromatic carbocycles. The van der Waals surface area contributed by atoms with Gasteiger partial charge in [-0.2, -0.15) is 0 Å². The molecule has 5 rings (SSSR count). The summed E-state index contributed by atoms with van der Waals surface area (Å²) in [7, 11) is 0. The summed E-state index contributed by atoms with van der Waals surface area (Å²) in [5.41, 5.74) is 7.05. The highest BCUT2D eigenvalue weighted by atomic mass is 14.8. The first kappa shape index (κ1) is 17.8. The van der Waals surface area contributed by atoms with Crippen LogP contribution < -0.4 is 0 Å². The van der Waals surface area contributed by atoms with Gasteiger partial charge >= 0.3 is 0 Å². The monoisotopic (exact) mass is 388 g/mol. The van der Waals surface area contributed by atoms with Gasteiger partial charge in [0, 0.05) is 35.9 Å². The summed E-state index contributed by atoms with van der Waals surface area (Å²) in [6.45, 7) is 0. The van der Waals surface area contributed by atoms with Gasteiger partial charge in [-0.15, -0.1) is 0 Å². The minimum Gasteiger partial charge on any atom is -0.261 e. The highest BCUT2D eigenvalue weighted by Gasteiger charge is 2.06. The van der Waals surface area contributed by atoms with Crippen molar-refractivity contribution in [3.63, 3.8) is 0 Å². The summed E-state index contributed by atoms with van der Waals surface area (Å²) in [5, 5.41) is 0. The normalized spacial score (nSPS) is 10.7. The van der Waals surface area contributed by atoms with Crippen molar-refractivity contribution in [1.29, 1.82) is 0 Å². The lowest BCUT2D eigenvalue weighted by molar-refractivity contribution is 1.14. The molecule has 0 aliphatic heterocycles. The molecule has 4 aromatic heterocycles. The Kier molecular flexibility index (Phi) is 4.72. The highest BCUT2D eigenvalue weighted by Crippen LogP contribution is 2.25. The lowest BCUT2D eigenvalue weighted by Crippen LogP contribution is -1.92. The predicted molar refractivity (Wildman–Crippen MR) is 115 cm³/mol. The van der Waals surface area contributed by atoms with Crippen molar-refractivity contribution in [3.8, 4) is 45.2 Å². The van der Waals surface area contributed by atoms with Crippen molar-refractivity contribution in [2.45, 2.75) is 0 Å². The quantitative estimate of drug-likeness (QED) is 0.443. The SMILES string of the molecule is c1ccc(-c2ccc(-c3ccc(-c4cnc(-c5cnccn5)cn4)cc3)cn2)nc1. The van der Waals surface area contributed by atoms with Gasteiger partial charge < -0.3 is 0 Å². The molecule has 0 atom stereocenters.